The molecule has 0 spiro atoms. The number of hydrogen-bond acceptors (Lipinski definition) is 5. The Bertz CT molecular complexity index is 498. The summed E-state index contributed by atoms with van der Waals surface area (Å²) in [6, 6.07) is 5.68. The largest absolute Gasteiger partial charge is 0.480 e. The monoisotopic (exact) mass is 260 g/mol. The molecule has 0 aromatic carbocycles. The van der Waals surface area contributed by atoms with Crippen LogP contribution in [0.15, 0.2) is 18.3 Å². The molecule has 1 aliphatic rings. The van der Waals surface area contributed by atoms with Gasteiger partial charge in [0, 0.05) is 38.1 Å². The lowest BCUT2D eigenvalue weighted by Crippen LogP contribution is -2.34. The van der Waals surface area contributed by atoms with E-state index in [0.29, 0.717) is 5.69 Å². The van der Waals surface area contributed by atoms with Gasteiger partial charge in [-0.2, -0.15) is 5.26 Å². The van der Waals surface area contributed by atoms with Gasteiger partial charge in [-0.25, -0.2) is 4.98 Å². The summed E-state index contributed by atoms with van der Waals surface area (Å²) < 4.78 is 0. The summed E-state index contributed by atoms with van der Waals surface area (Å²) in [5.41, 5.74) is 1.38. The smallest absolute Gasteiger partial charge is 0.317 e. The van der Waals surface area contributed by atoms with Gasteiger partial charge in [0.15, 0.2) is 0 Å². The van der Waals surface area contributed by atoms with Gasteiger partial charge in [-0.3, -0.25) is 9.69 Å². The highest BCUT2D eigenvalue weighted by atomic mass is 16.4. The van der Waals surface area contributed by atoms with Gasteiger partial charge in [0.25, 0.3) is 0 Å². The van der Waals surface area contributed by atoms with E-state index in [0.717, 1.165) is 38.3 Å². The van der Waals surface area contributed by atoms with Crippen molar-refractivity contribution in [2.24, 2.45) is 0 Å². The van der Waals surface area contributed by atoms with Gasteiger partial charge in [-0.1, -0.05) is 0 Å². The van der Waals surface area contributed by atoms with Crippen LogP contribution in [-0.2, 0) is 4.79 Å². The zero-order valence-electron chi connectivity index (χ0n) is 10.6. The number of carboxylic acid groups (broad SMARTS) is 1. The normalized spacial score (nSPS) is 16.7. The third kappa shape index (κ3) is 3.66. The number of aliphatic carboxylic acids is 1. The molecule has 2 rings (SSSR count). The highest BCUT2D eigenvalue weighted by molar-refractivity contribution is 5.69. The topological polar surface area (TPSA) is 80.5 Å². The van der Waals surface area contributed by atoms with Crippen LogP contribution in [0.25, 0.3) is 0 Å². The lowest BCUT2D eigenvalue weighted by atomic mass is 10.3. The van der Waals surface area contributed by atoms with Crippen molar-refractivity contribution in [3.05, 3.63) is 24.0 Å². The van der Waals surface area contributed by atoms with E-state index in [1.807, 2.05) is 17.0 Å². The number of anilines is 1. The highest BCUT2D eigenvalue weighted by Crippen LogP contribution is 2.16. The van der Waals surface area contributed by atoms with Gasteiger partial charge < -0.3 is 10.0 Å². The molecule has 100 valence electrons. The number of aromatic nitrogens is 1. The van der Waals surface area contributed by atoms with E-state index >= 15 is 0 Å². The van der Waals surface area contributed by atoms with E-state index in [2.05, 4.69) is 9.88 Å². The lowest BCUT2D eigenvalue weighted by molar-refractivity contribution is -0.138. The molecule has 1 N–H and O–H groups in total. The molecule has 1 aromatic heterocycles. The molecule has 1 saturated heterocycles. The third-order valence-corrected chi connectivity index (χ3v) is 3.17. The van der Waals surface area contributed by atoms with E-state index < -0.39 is 5.97 Å². The third-order valence-electron chi connectivity index (χ3n) is 3.17. The average molecular weight is 260 g/mol. The van der Waals surface area contributed by atoms with Crippen LogP contribution < -0.4 is 4.90 Å². The maximum absolute atomic E-state index is 10.7. The van der Waals surface area contributed by atoms with E-state index in [1.165, 1.54) is 0 Å². The Labute approximate surface area is 111 Å². The minimum Gasteiger partial charge on any atom is -0.480 e. The van der Waals surface area contributed by atoms with Gasteiger partial charge >= 0.3 is 5.97 Å². The summed E-state index contributed by atoms with van der Waals surface area (Å²) in [6.45, 7) is 3.23. The SMILES string of the molecule is N#Cc1cc(N2CCCN(CC(=O)O)CC2)ccn1. The summed E-state index contributed by atoms with van der Waals surface area (Å²) in [5.74, 6) is -0.788. The van der Waals surface area contributed by atoms with Crippen LogP contribution in [0.5, 0.6) is 0 Å². The molecule has 6 nitrogen and oxygen atoms in total. The Morgan fingerprint density at radius 1 is 1.42 bits per heavy atom. The predicted molar refractivity (Wildman–Crippen MR) is 69.9 cm³/mol. The minimum absolute atomic E-state index is 0.0909. The van der Waals surface area contributed by atoms with Crippen molar-refractivity contribution in [1.29, 1.82) is 5.26 Å². The second kappa shape index (κ2) is 6.16. The van der Waals surface area contributed by atoms with E-state index in [9.17, 15) is 4.79 Å². The molecule has 0 amide bonds. The van der Waals surface area contributed by atoms with E-state index in [-0.39, 0.29) is 6.54 Å². The molecule has 0 aliphatic carbocycles. The van der Waals surface area contributed by atoms with E-state index in [4.69, 9.17) is 10.4 Å². The molecule has 1 fully saturated rings. The zero-order valence-corrected chi connectivity index (χ0v) is 10.6. The van der Waals surface area contributed by atoms with Gasteiger partial charge in [-0.15, -0.1) is 0 Å². The van der Waals surface area contributed by atoms with Crippen molar-refractivity contribution in [3.8, 4) is 6.07 Å². The molecule has 2 heterocycles. The molecule has 6 heteroatoms. The number of hydrogen-bond donors (Lipinski definition) is 1. The number of nitriles is 1. The lowest BCUT2D eigenvalue weighted by Gasteiger charge is -2.23. The van der Waals surface area contributed by atoms with Gasteiger partial charge in [0.2, 0.25) is 0 Å². The highest BCUT2D eigenvalue weighted by Gasteiger charge is 2.17. The summed E-state index contributed by atoms with van der Waals surface area (Å²) in [6.07, 6.45) is 2.55. The van der Waals surface area contributed by atoms with Crippen LogP contribution in [-0.4, -0.2) is 53.7 Å². The number of nitrogens with zero attached hydrogens (tertiary/aromatic N) is 4. The first-order valence-corrected chi connectivity index (χ1v) is 6.24. The van der Waals surface area contributed by atoms with Crippen LogP contribution in [0.2, 0.25) is 0 Å². The predicted octanol–water partition coefficient (Wildman–Crippen LogP) is 0.550. The molecule has 0 unspecified atom stereocenters. The Balaban J connectivity index is 2.02. The Hall–Kier alpha value is -2.13. The molecule has 1 aromatic rings. The van der Waals surface area contributed by atoms with E-state index in [1.54, 1.807) is 12.3 Å². The van der Waals surface area contributed by atoms with Crippen molar-refractivity contribution in [2.45, 2.75) is 6.42 Å². The first-order valence-electron chi connectivity index (χ1n) is 6.24. The molecule has 0 bridgehead atoms. The first-order chi connectivity index (χ1) is 9.19. The van der Waals surface area contributed by atoms with Crippen molar-refractivity contribution in [2.75, 3.05) is 37.6 Å². The summed E-state index contributed by atoms with van der Waals surface area (Å²) in [7, 11) is 0. The maximum atomic E-state index is 10.7. The Morgan fingerprint density at radius 3 is 3.00 bits per heavy atom. The molecule has 0 saturated carbocycles. The fourth-order valence-corrected chi connectivity index (χ4v) is 2.26. The Kier molecular flexibility index (Phi) is 4.31. The zero-order chi connectivity index (χ0) is 13.7. The second-order valence-corrected chi connectivity index (χ2v) is 4.52. The van der Waals surface area contributed by atoms with Crippen molar-refractivity contribution in [1.82, 2.24) is 9.88 Å². The fraction of sp³-hybridized carbons (Fsp3) is 0.462. The minimum atomic E-state index is -0.788. The van der Waals surface area contributed by atoms with Crippen LogP contribution in [0.1, 0.15) is 12.1 Å². The average Bonchev–Trinajstić information content (AvgIpc) is 2.64. The molecule has 0 radical (unpaired) electrons. The summed E-state index contributed by atoms with van der Waals surface area (Å²) in [4.78, 5) is 18.8. The number of carbonyl (C=O) groups is 1. The molecule has 19 heavy (non-hydrogen) atoms. The fourth-order valence-electron chi connectivity index (χ4n) is 2.26. The van der Waals surface area contributed by atoms with Gasteiger partial charge in [0.05, 0.1) is 6.54 Å². The van der Waals surface area contributed by atoms with Crippen molar-refractivity contribution >= 4 is 11.7 Å². The molecule has 1 aliphatic heterocycles. The van der Waals surface area contributed by atoms with Crippen LogP contribution in [0.4, 0.5) is 5.69 Å². The Morgan fingerprint density at radius 2 is 2.26 bits per heavy atom. The number of carboxylic acids is 1. The second-order valence-electron chi connectivity index (χ2n) is 4.52. The molecular weight excluding hydrogens is 244 g/mol. The van der Waals surface area contributed by atoms with Gasteiger partial charge in [-0.05, 0) is 18.6 Å². The van der Waals surface area contributed by atoms with Crippen LogP contribution in [0, 0.1) is 11.3 Å². The van der Waals surface area contributed by atoms with Crippen LogP contribution >= 0.6 is 0 Å². The van der Waals surface area contributed by atoms with Crippen molar-refractivity contribution < 1.29 is 9.90 Å². The van der Waals surface area contributed by atoms with Crippen molar-refractivity contribution in [3.63, 3.8) is 0 Å². The molecule has 0 atom stereocenters. The van der Waals surface area contributed by atoms with Gasteiger partial charge in [0.1, 0.15) is 11.8 Å². The first kappa shape index (κ1) is 13.3. The number of pyridine rings is 1. The summed E-state index contributed by atoms with van der Waals surface area (Å²) >= 11 is 0. The maximum Gasteiger partial charge on any atom is 0.317 e. The number of rotatable bonds is 3. The molecular formula is C13H16N4O2. The standard InChI is InChI=1S/C13H16N4O2/c14-9-11-8-12(2-3-15-11)17-5-1-4-16(6-7-17)10-13(18)19/h2-3,8H,1,4-7,10H2,(H,18,19). The van der Waals surface area contributed by atoms with Crippen LogP contribution in [0.3, 0.4) is 0 Å². The summed E-state index contributed by atoms with van der Waals surface area (Å²) in [5, 5.41) is 17.7. The quantitative estimate of drug-likeness (QED) is 0.854.